The Morgan fingerprint density at radius 3 is 2.50 bits per heavy atom. The number of piperidine rings is 1. The SMILES string of the molecule is CCn1cc(S(=O)(=O)N2CCCC23CCCN(C(C)C)C3=O)cn1. The lowest BCUT2D eigenvalue weighted by Crippen LogP contribution is -2.62. The van der Waals surface area contributed by atoms with Crippen molar-refractivity contribution in [2.45, 2.75) is 69.5 Å². The quantitative estimate of drug-likeness (QED) is 0.820. The molecule has 3 rings (SSSR count). The number of likely N-dealkylation sites (tertiary alicyclic amines) is 1. The Labute approximate surface area is 143 Å². The van der Waals surface area contributed by atoms with Gasteiger partial charge in [-0.3, -0.25) is 9.48 Å². The Morgan fingerprint density at radius 2 is 1.92 bits per heavy atom. The van der Waals surface area contributed by atoms with Crippen LogP contribution in [-0.2, 0) is 21.4 Å². The van der Waals surface area contributed by atoms with Gasteiger partial charge in [-0.1, -0.05) is 0 Å². The summed E-state index contributed by atoms with van der Waals surface area (Å²) in [5.41, 5.74) is -0.907. The smallest absolute Gasteiger partial charge is 0.247 e. The summed E-state index contributed by atoms with van der Waals surface area (Å²) in [6.07, 6.45) is 5.71. The van der Waals surface area contributed by atoms with Crippen LogP contribution < -0.4 is 0 Å². The molecular formula is C16H26N4O3S. The predicted molar refractivity (Wildman–Crippen MR) is 89.8 cm³/mol. The highest BCUT2D eigenvalue weighted by Crippen LogP contribution is 2.42. The largest absolute Gasteiger partial charge is 0.339 e. The second-order valence-corrected chi connectivity index (χ2v) is 8.80. The fourth-order valence-corrected chi connectivity index (χ4v) is 5.74. The molecule has 1 spiro atoms. The molecule has 0 radical (unpaired) electrons. The molecule has 2 fully saturated rings. The van der Waals surface area contributed by atoms with Crippen molar-refractivity contribution in [3.63, 3.8) is 0 Å². The maximum atomic E-state index is 13.2. The van der Waals surface area contributed by atoms with Gasteiger partial charge in [0.05, 0.1) is 6.20 Å². The standard InChI is InChI=1S/C16H26N4O3S/c1-4-18-12-14(11-17-18)24(22,23)20-10-6-8-16(20)7-5-9-19(13(2)3)15(16)21/h11-13H,4-10H2,1-3H3. The third kappa shape index (κ3) is 2.56. The number of hydrogen-bond acceptors (Lipinski definition) is 4. The van der Waals surface area contributed by atoms with Gasteiger partial charge in [-0.15, -0.1) is 0 Å². The van der Waals surface area contributed by atoms with E-state index < -0.39 is 15.6 Å². The third-order valence-electron chi connectivity index (χ3n) is 5.22. The highest BCUT2D eigenvalue weighted by Gasteiger charge is 2.55. The predicted octanol–water partition coefficient (Wildman–Crippen LogP) is 1.46. The Hall–Kier alpha value is -1.41. The Morgan fingerprint density at radius 1 is 1.25 bits per heavy atom. The summed E-state index contributed by atoms with van der Waals surface area (Å²) in [5, 5.41) is 4.08. The first-order chi connectivity index (χ1) is 11.3. The van der Waals surface area contributed by atoms with Gasteiger partial charge in [0.15, 0.2) is 0 Å². The van der Waals surface area contributed by atoms with E-state index in [0.717, 1.165) is 12.8 Å². The number of nitrogens with zero attached hydrogens (tertiary/aromatic N) is 4. The second kappa shape index (κ2) is 6.15. The van der Waals surface area contributed by atoms with Crippen LogP contribution in [0.25, 0.3) is 0 Å². The molecular weight excluding hydrogens is 328 g/mol. The normalized spacial score (nSPS) is 26.0. The molecule has 7 nitrogen and oxygen atoms in total. The number of carbonyl (C=O) groups excluding carboxylic acids is 1. The summed E-state index contributed by atoms with van der Waals surface area (Å²) in [6, 6.07) is 0.0858. The Kier molecular flexibility index (Phi) is 4.46. The maximum absolute atomic E-state index is 13.2. The van der Waals surface area contributed by atoms with E-state index in [-0.39, 0.29) is 16.8 Å². The molecule has 134 valence electrons. The Bertz CT molecular complexity index is 727. The summed E-state index contributed by atoms with van der Waals surface area (Å²) in [7, 11) is -3.72. The van der Waals surface area contributed by atoms with E-state index >= 15 is 0 Å². The highest BCUT2D eigenvalue weighted by molar-refractivity contribution is 7.89. The molecule has 1 aromatic heterocycles. The van der Waals surface area contributed by atoms with Crippen molar-refractivity contribution in [1.82, 2.24) is 19.0 Å². The van der Waals surface area contributed by atoms with E-state index in [4.69, 9.17) is 0 Å². The van der Waals surface area contributed by atoms with E-state index in [2.05, 4.69) is 5.10 Å². The van der Waals surface area contributed by atoms with Gasteiger partial charge in [-0.05, 0) is 46.5 Å². The number of hydrogen-bond donors (Lipinski definition) is 0. The molecule has 0 saturated carbocycles. The molecule has 1 amide bonds. The molecule has 24 heavy (non-hydrogen) atoms. The minimum absolute atomic E-state index is 0.0345. The lowest BCUT2D eigenvalue weighted by atomic mass is 9.86. The molecule has 1 aromatic rings. The molecule has 8 heteroatoms. The van der Waals surface area contributed by atoms with Crippen LogP contribution in [0.5, 0.6) is 0 Å². The lowest BCUT2D eigenvalue weighted by molar-refractivity contribution is -0.146. The fourth-order valence-electron chi connectivity index (χ4n) is 3.96. The third-order valence-corrected chi connectivity index (χ3v) is 7.14. The van der Waals surface area contributed by atoms with Gasteiger partial charge in [-0.2, -0.15) is 9.40 Å². The lowest BCUT2D eigenvalue weighted by Gasteiger charge is -2.45. The van der Waals surface area contributed by atoms with Crippen LogP contribution >= 0.6 is 0 Å². The van der Waals surface area contributed by atoms with Gasteiger partial charge in [0.25, 0.3) is 0 Å². The van der Waals surface area contributed by atoms with E-state index in [9.17, 15) is 13.2 Å². The molecule has 0 aromatic carbocycles. The molecule has 2 aliphatic rings. The topological polar surface area (TPSA) is 75.5 Å². The van der Waals surface area contributed by atoms with Crippen LogP contribution in [0, 0.1) is 0 Å². The molecule has 0 N–H and O–H groups in total. The Balaban J connectivity index is 1.99. The molecule has 3 heterocycles. The summed E-state index contributed by atoms with van der Waals surface area (Å²) in [4.78, 5) is 15.1. The zero-order valence-corrected chi connectivity index (χ0v) is 15.4. The van der Waals surface area contributed by atoms with Crippen molar-refractivity contribution in [2.75, 3.05) is 13.1 Å². The average Bonchev–Trinajstić information content (AvgIpc) is 3.18. The molecule has 1 atom stereocenters. The van der Waals surface area contributed by atoms with Crippen LogP contribution in [0.4, 0.5) is 0 Å². The van der Waals surface area contributed by atoms with Crippen LogP contribution in [0.3, 0.4) is 0 Å². The van der Waals surface area contributed by atoms with E-state index in [1.54, 1.807) is 10.9 Å². The zero-order chi connectivity index (χ0) is 17.5. The monoisotopic (exact) mass is 354 g/mol. The first-order valence-corrected chi connectivity index (χ1v) is 10.1. The number of amides is 1. The summed E-state index contributed by atoms with van der Waals surface area (Å²) < 4.78 is 29.4. The van der Waals surface area contributed by atoms with Crippen LogP contribution in [0.15, 0.2) is 17.3 Å². The molecule has 0 aliphatic carbocycles. The average molecular weight is 354 g/mol. The first kappa shape index (κ1) is 17.4. The van der Waals surface area contributed by atoms with Gasteiger partial charge >= 0.3 is 0 Å². The number of carbonyl (C=O) groups is 1. The van der Waals surface area contributed by atoms with Crippen LogP contribution in [0.2, 0.25) is 0 Å². The van der Waals surface area contributed by atoms with Gasteiger partial charge in [0, 0.05) is 31.9 Å². The number of sulfonamides is 1. The van der Waals surface area contributed by atoms with Gasteiger partial charge in [0.1, 0.15) is 10.4 Å². The van der Waals surface area contributed by atoms with Crippen molar-refractivity contribution in [3.8, 4) is 0 Å². The first-order valence-electron chi connectivity index (χ1n) is 8.69. The second-order valence-electron chi connectivity index (χ2n) is 6.94. The van der Waals surface area contributed by atoms with Gasteiger partial charge < -0.3 is 4.90 Å². The van der Waals surface area contributed by atoms with E-state index in [1.807, 2.05) is 25.7 Å². The fraction of sp³-hybridized carbons (Fsp3) is 0.750. The maximum Gasteiger partial charge on any atom is 0.247 e. The van der Waals surface area contributed by atoms with E-state index in [1.165, 1.54) is 10.5 Å². The van der Waals surface area contributed by atoms with Crippen molar-refractivity contribution in [1.29, 1.82) is 0 Å². The van der Waals surface area contributed by atoms with Crippen molar-refractivity contribution in [2.24, 2.45) is 0 Å². The van der Waals surface area contributed by atoms with Crippen molar-refractivity contribution in [3.05, 3.63) is 12.4 Å². The van der Waals surface area contributed by atoms with Crippen molar-refractivity contribution >= 4 is 15.9 Å². The van der Waals surface area contributed by atoms with Crippen molar-refractivity contribution < 1.29 is 13.2 Å². The van der Waals surface area contributed by atoms with Gasteiger partial charge in [0.2, 0.25) is 15.9 Å². The summed E-state index contributed by atoms with van der Waals surface area (Å²) in [5.74, 6) is -0.0345. The molecule has 2 saturated heterocycles. The zero-order valence-electron chi connectivity index (χ0n) is 14.6. The number of aromatic nitrogens is 2. The summed E-state index contributed by atoms with van der Waals surface area (Å²) in [6.45, 7) is 7.59. The minimum atomic E-state index is -3.72. The van der Waals surface area contributed by atoms with E-state index in [0.29, 0.717) is 32.5 Å². The number of aryl methyl sites for hydroxylation is 1. The summed E-state index contributed by atoms with van der Waals surface area (Å²) >= 11 is 0. The molecule has 1 unspecified atom stereocenters. The highest BCUT2D eigenvalue weighted by atomic mass is 32.2. The number of rotatable bonds is 4. The van der Waals surface area contributed by atoms with Crippen LogP contribution in [-0.4, -0.2) is 58.0 Å². The van der Waals surface area contributed by atoms with Gasteiger partial charge in [-0.25, -0.2) is 8.42 Å². The molecule has 0 bridgehead atoms. The van der Waals surface area contributed by atoms with Crippen LogP contribution in [0.1, 0.15) is 46.5 Å². The molecule has 2 aliphatic heterocycles. The minimum Gasteiger partial charge on any atom is -0.339 e.